The Morgan fingerprint density at radius 1 is 0.750 bits per heavy atom. The molecule has 2 unspecified atom stereocenters. The first kappa shape index (κ1) is 11.3. The van der Waals surface area contributed by atoms with Gasteiger partial charge in [-0.15, -0.1) is 0 Å². The van der Waals surface area contributed by atoms with Crippen molar-refractivity contribution in [1.82, 2.24) is 0 Å². The first-order chi connectivity index (χ1) is 7.79. The third-order valence-electron chi connectivity index (χ3n) is 2.94. The van der Waals surface area contributed by atoms with Crippen molar-refractivity contribution >= 4 is 12.6 Å². The Hall–Kier alpha value is -1.21. The van der Waals surface area contributed by atoms with Crippen molar-refractivity contribution < 1.29 is 0 Å². The smallest absolute Gasteiger partial charge is 0.0333 e. The maximum atomic E-state index is 4.73. The van der Waals surface area contributed by atoms with Gasteiger partial charge in [-0.3, -0.25) is 0 Å². The molecule has 0 aliphatic carbocycles. The van der Waals surface area contributed by atoms with Crippen LogP contribution in [0.1, 0.15) is 29.2 Å². The second-order valence-electron chi connectivity index (χ2n) is 4.05. The minimum absolute atomic E-state index is 0.253. The molecule has 0 bridgehead atoms. The predicted octanol–water partition coefficient (Wildman–Crippen LogP) is 4.46. The summed E-state index contributed by atoms with van der Waals surface area (Å²) >= 11 is 4.73. The highest BCUT2D eigenvalue weighted by molar-refractivity contribution is 7.80. The lowest BCUT2D eigenvalue weighted by Crippen LogP contribution is -2.02. The lowest BCUT2D eigenvalue weighted by molar-refractivity contribution is 0.745. The number of hydrogen-bond donors (Lipinski definition) is 1. The summed E-state index contributed by atoms with van der Waals surface area (Å²) in [4.78, 5) is 0. The van der Waals surface area contributed by atoms with Gasteiger partial charge in [-0.25, -0.2) is 0 Å². The fourth-order valence-electron chi connectivity index (χ4n) is 1.88. The second kappa shape index (κ2) is 5.22. The number of benzene rings is 2. The van der Waals surface area contributed by atoms with Crippen LogP contribution in [0, 0.1) is 0 Å². The summed E-state index contributed by atoms with van der Waals surface area (Å²) in [7, 11) is 0. The second-order valence-corrected chi connectivity index (χ2v) is 4.61. The summed E-state index contributed by atoms with van der Waals surface area (Å²) in [5.74, 6) is 0.423. The highest BCUT2D eigenvalue weighted by Crippen LogP contribution is 2.35. The first-order valence-corrected chi connectivity index (χ1v) is 6.08. The van der Waals surface area contributed by atoms with E-state index in [0.29, 0.717) is 5.92 Å². The van der Waals surface area contributed by atoms with Crippen molar-refractivity contribution in [2.24, 2.45) is 0 Å². The molecule has 0 aromatic heterocycles. The maximum Gasteiger partial charge on any atom is 0.0333 e. The Labute approximate surface area is 103 Å². The monoisotopic (exact) mass is 228 g/mol. The molecule has 0 nitrogen and oxygen atoms in total. The van der Waals surface area contributed by atoms with E-state index in [0.717, 1.165) is 0 Å². The van der Waals surface area contributed by atoms with Gasteiger partial charge in [0.25, 0.3) is 0 Å². The molecule has 0 spiro atoms. The summed E-state index contributed by atoms with van der Waals surface area (Å²) in [6, 6.07) is 21.0. The van der Waals surface area contributed by atoms with Gasteiger partial charge in [-0.05, 0) is 17.0 Å². The Bertz CT molecular complexity index is 378. The third-order valence-corrected chi connectivity index (χ3v) is 3.69. The predicted molar refractivity (Wildman–Crippen MR) is 73.0 cm³/mol. The van der Waals surface area contributed by atoms with Crippen molar-refractivity contribution in [3.8, 4) is 0 Å². The molecule has 16 heavy (non-hydrogen) atoms. The van der Waals surface area contributed by atoms with Crippen LogP contribution in [-0.4, -0.2) is 0 Å². The van der Waals surface area contributed by atoms with Crippen LogP contribution in [0.4, 0.5) is 0 Å². The number of thiol groups is 1. The van der Waals surface area contributed by atoms with Crippen molar-refractivity contribution in [1.29, 1.82) is 0 Å². The molecule has 1 heteroatoms. The molecule has 0 aliphatic heterocycles. The molecular formula is C15H16S. The highest BCUT2D eigenvalue weighted by atomic mass is 32.1. The molecule has 0 heterocycles. The zero-order valence-corrected chi connectivity index (χ0v) is 10.3. The van der Waals surface area contributed by atoms with E-state index in [1.807, 2.05) is 12.1 Å². The molecule has 0 radical (unpaired) electrons. The largest absolute Gasteiger partial charge is 0.170 e. The van der Waals surface area contributed by atoms with Crippen LogP contribution in [0.3, 0.4) is 0 Å². The number of hydrogen-bond acceptors (Lipinski definition) is 1. The van der Waals surface area contributed by atoms with Crippen molar-refractivity contribution in [2.75, 3.05) is 0 Å². The summed E-state index contributed by atoms with van der Waals surface area (Å²) in [6.45, 7) is 2.22. The van der Waals surface area contributed by atoms with Crippen molar-refractivity contribution in [3.63, 3.8) is 0 Å². The Balaban J connectivity index is 2.20. The Kier molecular flexibility index (Phi) is 3.68. The van der Waals surface area contributed by atoms with E-state index in [1.54, 1.807) is 0 Å². The van der Waals surface area contributed by atoms with Gasteiger partial charge in [0.2, 0.25) is 0 Å². The van der Waals surface area contributed by atoms with E-state index < -0.39 is 0 Å². The van der Waals surface area contributed by atoms with E-state index >= 15 is 0 Å². The van der Waals surface area contributed by atoms with Crippen LogP contribution in [0.2, 0.25) is 0 Å². The Morgan fingerprint density at radius 3 is 1.69 bits per heavy atom. The van der Waals surface area contributed by atoms with E-state index in [4.69, 9.17) is 12.6 Å². The third kappa shape index (κ3) is 2.48. The lowest BCUT2D eigenvalue weighted by atomic mass is 9.93. The zero-order chi connectivity index (χ0) is 11.4. The SMILES string of the molecule is CC(c1ccccc1)C(S)c1ccccc1. The first-order valence-electron chi connectivity index (χ1n) is 5.57. The molecule has 0 fully saturated rings. The average molecular weight is 228 g/mol. The molecule has 2 aromatic carbocycles. The summed E-state index contributed by atoms with van der Waals surface area (Å²) in [5.41, 5.74) is 2.62. The fraction of sp³-hybridized carbons (Fsp3) is 0.200. The molecule has 2 aromatic rings. The molecule has 0 amide bonds. The molecule has 0 saturated heterocycles. The highest BCUT2D eigenvalue weighted by Gasteiger charge is 2.16. The fourth-order valence-corrected chi connectivity index (χ4v) is 2.22. The normalized spacial score (nSPS) is 14.4. The number of rotatable bonds is 3. The van der Waals surface area contributed by atoms with Gasteiger partial charge in [0, 0.05) is 5.25 Å². The van der Waals surface area contributed by atoms with Crippen LogP contribution >= 0.6 is 12.6 Å². The molecule has 82 valence electrons. The summed E-state index contributed by atoms with van der Waals surface area (Å²) < 4.78 is 0. The molecule has 0 saturated carbocycles. The van der Waals surface area contributed by atoms with Crippen LogP contribution in [-0.2, 0) is 0 Å². The van der Waals surface area contributed by atoms with E-state index in [1.165, 1.54) is 11.1 Å². The summed E-state index contributed by atoms with van der Waals surface area (Å²) in [5, 5.41) is 0.253. The van der Waals surface area contributed by atoms with Crippen LogP contribution in [0.15, 0.2) is 60.7 Å². The van der Waals surface area contributed by atoms with E-state index in [-0.39, 0.29) is 5.25 Å². The summed E-state index contributed by atoms with van der Waals surface area (Å²) in [6.07, 6.45) is 0. The van der Waals surface area contributed by atoms with Gasteiger partial charge in [-0.1, -0.05) is 67.6 Å². The molecular weight excluding hydrogens is 212 g/mol. The molecule has 0 N–H and O–H groups in total. The topological polar surface area (TPSA) is 0 Å². The van der Waals surface area contributed by atoms with Gasteiger partial charge in [0.05, 0.1) is 0 Å². The molecule has 2 rings (SSSR count). The van der Waals surface area contributed by atoms with Crippen LogP contribution < -0.4 is 0 Å². The van der Waals surface area contributed by atoms with E-state index in [2.05, 4.69) is 55.5 Å². The lowest BCUT2D eigenvalue weighted by Gasteiger charge is -2.19. The van der Waals surface area contributed by atoms with Crippen LogP contribution in [0.25, 0.3) is 0 Å². The minimum atomic E-state index is 0.253. The van der Waals surface area contributed by atoms with E-state index in [9.17, 15) is 0 Å². The van der Waals surface area contributed by atoms with Crippen molar-refractivity contribution in [3.05, 3.63) is 71.8 Å². The zero-order valence-electron chi connectivity index (χ0n) is 9.38. The minimum Gasteiger partial charge on any atom is -0.170 e. The van der Waals surface area contributed by atoms with Gasteiger partial charge >= 0.3 is 0 Å². The average Bonchev–Trinajstić information content (AvgIpc) is 2.39. The van der Waals surface area contributed by atoms with Crippen molar-refractivity contribution in [2.45, 2.75) is 18.1 Å². The van der Waals surface area contributed by atoms with Crippen LogP contribution in [0.5, 0.6) is 0 Å². The Morgan fingerprint density at radius 2 is 1.19 bits per heavy atom. The van der Waals surface area contributed by atoms with Gasteiger partial charge < -0.3 is 0 Å². The van der Waals surface area contributed by atoms with Gasteiger partial charge in [-0.2, -0.15) is 12.6 Å². The maximum absolute atomic E-state index is 4.73. The molecule has 2 atom stereocenters. The van der Waals surface area contributed by atoms with Gasteiger partial charge in [0.15, 0.2) is 0 Å². The quantitative estimate of drug-likeness (QED) is 0.737. The standard InChI is InChI=1S/C15H16S/c1-12(13-8-4-2-5-9-13)15(16)14-10-6-3-7-11-14/h2-12,15-16H,1H3. The molecule has 0 aliphatic rings. The van der Waals surface area contributed by atoms with Gasteiger partial charge in [0.1, 0.15) is 0 Å².